The number of aromatic nitrogens is 1. The van der Waals surface area contributed by atoms with Crippen LogP contribution in [0.15, 0.2) is 53.5 Å². The molecular formula is C22H21FN2O4. The third-order valence-corrected chi connectivity index (χ3v) is 4.50. The van der Waals surface area contributed by atoms with E-state index in [1.807, 2.05) is 6.92 Å². The van der Waals surface area contributed by atoms with E-state index in [4.69, 9.17) is 4.74 Å². The van der Waals surface area contributed by atoms with Gasteiger partial charge in [-0.15, -0.1) is 0 Å². The number of halogens is 1. The molecule has 7 heteroatoms. The third kappa shape index (κ3) is 4.51. The van der Waals surface area contributed by atoms with Gasteiger partial charge in [0.2, 0.25) is 5.43 Å². The minimum absolute atomic E-state index is 0.103. The number of amides is 1. The molecule has 0 aliphatic heterocycles. The SMILES string of the molecule is CCCCOC(=O)c1ccc(NC(=O)c2cn(C)c3ccc(F)cc3c2=O)cc1. The lowest BCUT2D eigenvalue weighted by molar-refractivity contribution is 0.0499. The molecule has 0 bridgehead atoms. The fourth-order valence-corrected chi connectivity index (χ4v) is 2.91. The van der Waals surface area contributed by atoms with Crippen molar-refractivity contribution in [3.8, 4) is 0 Å². The number of esters is 1. The molecule has 1 heterocycles. The fourth-order valence-electron chi connectivity index (χ4n) is 2.91. The Morgan fingerprint density at radius 2 is 1.86 bits per heavy atom. The molecule has 1 aromatic heterocycles. The number of benzene rings is 2. The number of nitrogens with zero attached hydrogens (tertiary/aromatic N) is 1. The third-order valence-electron chi connectivity index (χ3n) is 4.50. The van der Waals surface area contributed by atoms with E-state index in [0.717, 1.165) is 18.9 Å². The van der Waals surface area contributed by atoms with Crippen molar-refractivity contribution in [2.24, 2.45) is 7.05 Å². The normalized spacial score (nSPS) is 10.7. The molecule has 0 aliphatic rings. The van der Waals surface area contributed by atoms with Gasteiger partial charge in [0, 0.05) is 24.3 Å². The summed E-state index contributed by atoms with van der Waals surface area (Å²) in [6.45, 7) is 2.37. The van der Waals surface area contributed by atoms with Crippen molar-refractivity contribution in [3.63, 3.8) is 0 Å². The molecule has 0 radical (unpaired) electrons. The number of hydrogen-bond acceptors (Lipinski definition) is 4. The lowest BCUT2D eigenvalue weighted by atomic mass is 10.1. The highest BCUT2D eigenvalue weighted by Crippen LogP contribution is 2.15. The highest BCUT2D eigenvalue weighted by Gasteiger charge is 2.16. The number of pyridine rings is 1. The molecule has 29 heavy (non-hydrogen) atoms. The van der Waals surface area contributed by atoms with Gasteiger partial charge in [0.1, 0.15) is 11.4 Å². The van der Waals surface area contributed by atoms with Crippen LogP contribution in [0.1, 0.15) is 40.5 Å². The van der Waals surface area contributed by atoms with Crippen molar-refractivity contribution in [2.45, 2.75) is 19.8 Å². The summed E-state index contributed by atoms with van der Waals surface area (Å²) in [6.07, 6.45) is 3.14. The van der Waals surface area contributed by atoms with Gasteiger partial charge < -0.3 is 14.6 Å². The number of ether oxygens (including phenoxy) is 1. The summed E-state index contributed by atoms with van der Waals surface area (Å²) in [5, 5.41) is 2.76. The maximum absolute atomic E-state index is 13.5. The summed E-state index contributed by atoms with van der Waals surface area (Å²) >= 11 is 0. The summed E-state index contributed by atoms with van der Waals surface area (Å²) in [5.74, 6) is -1.59. The molecular weight excluding hydrogens is 375 g/mol. The first-order chi connectivity index (χ1) is 13.9. The second-order valence-electron chi connectivity index (χ2n) is 6.67. The minimum Gasteiger partial charge on any atom is -0.462 e. The number of anilines is 1. The Hall–Kier alpha value is -3.48. The predicted molar refractivity (Wildman–Crippen MR) is 109 cm³/mol. The van der Waals surface area contributed by atoms with Crippen LogP contribution in [0.5, 0.6) is 0 Å². The van der Waals surface area contributed by atoms with Gasteiger partial charge in [0.05, 0.1) is 17.7 Å². The Kier molecular flexibility index (Phi) is 6.07. The van der Waals surface area contributed by atoms with Crippen LogP contribution in [0.2, 0.25) is 0 Å². The second kappa shape index (κ2) is 8.68. The second-order valence-corrected chi connectivity index (χ2v) is 6.67. The first kappa shape index (κ1) is 20.3. The summed E-state index contributed by atoms with van der Waals surface area (Å²) in [6, 6.07) is 10.1. The Bertz CT molecular complexity index is 1120. The monoisotopic (exact) mass is 396 g/mol. The topological polar surface area (TPSA) is 77.4 Å². The fraction of sp³-hybridized carbons (Fsp3) is 0.227. The molecule has 0 saturated carbocycles. The van der Waals surface area contributed by atoms with Gasteiger partial charge in [-0.3, -0.25) is 9.59 Å². The zero-order valence-electron chi connectivity index (χ0n) is 16.2. The average molecular weight is 396 g/mol. The summed E-state index contributed by atoms with van der Waals surface area (Å²) < 4.78 is 20.3. The van der Waals surface area contributed by atoms with Crippen LogP contribution in [0.4, 0.5) is 10.1 Å². The number of fused-ring (bicyclic) bond motifs is 1. The largest absolute Gasteiger partial charge is 0.462 e. The first-order valence-electron chi connectivity index (χ1n) is 9.28. The highest BCUT2D eigenvalue weighted by atomic mass is 19.1. The molecule has 3 aromatic rings. The average Bonchev–Trinajstić information content (AvgIpc) is 2.71. The van der Waals surface area contributed by atoms with E-state index < -0.39 is 23.1 Å². The van der Waals surface area contributed by atoms with Crippen LogP contribution in [0, 0.1) is 5.82 Å². The van der Waals surface area contributed by atoms with Gasteiger partial charge in [-0.1, -0.05) is 13.3 Å². The first-order valence-corrected chi connectivity index (χ1v) is 9.28. The van der Waals surface area contributed by atoms with Crippen LogP contribution < -0.4 is 10.7 Å². The molecule has 0 atom stereocenters. The maximum atomic E-state index is 13.5. The van der Waals surface area contributed by atoms with E-state index in [1.165, 1.54) is 30.5 Å². The minimum atomic E-state index is -0.616. The lowest BCUT2D eigenvalue weighted by Gasteiger charge is -2.10. The number of carbonyl (C=O) groups is 2. The van der Waals surface area contributed by atoms with Crippen molar-refractivity contribution in [2.75, 3.05) is 11.9 Å². The van der Waals surface area contributed by atoms with Crippen LogP contribution >= 0.6 is 0 Å². The van der Waals surface area contributed by atoms with Crippen molar-refractivity contribution in [3.05, 3.63) is 75.8 Å². The molecule has 1 N–H and O–H groups in total. The van der Waals surface area contributed by atoms with Crippen LogP contribution in [-0.4, -0.2) is 23.1 Å². The summed E-state index contributed by atoms with van der Waals surface area (Å²) in [7, 11) is 1.68. The van der Waals surface area contributed by atoms with E-state index in [0.29, 0.717) is 23.4 Å². The summed E-state index contributed by atoms with van der Waals surface area (Å²) in [5.41, 5.74) is 0.663. The van der Waals surface area contributed by atoms with Gasteiger partial charge in [-0.2, -0.15) is 0 Å². The molecule has 0 spiro atoms. The molecule has 0 saturated heterocycles. The zero-order valence-corrected chi connectivity index (χ0v) is 16.2. The van der Waals surface area contributed by atoms with E-state index in [2.05, 4.69) is 5.32 Å². The van der Waals surface area contributed by atoms with Crippen molar-refractivity contribution in [1.82, 2.24) is 4.57 Å². The molecule has 2 aromatic carbocycles. The Morgan fingerprint density at radius 1 is 1.14 bits per heavy atom. The Morgan fingerprint density at radius 3 is 2.55 bits per heavy atom. The molecule has 6 nitrogen and oxygen atoms in total. The summed E-state index contributed by atoms with van der Waals surface area (Å²) in [4.78, 5) is 37.2. The lowest BCUT2D eigenvalue weighted by Crippen LogP contribution is -2.23. The molecule has 150 valence electrons. The van der Waals surface area contributed by atoms with Gasteiger partial charge >= 0.3 is 5.97 Å². The van der Waals surface area contributed by atoms with E-state index in [9.17, 15) is 18.8 Å². The number of carbonyl (C=O) groups excluding carboxylic acids is 2. The highest BCUT2D eigenvalue weighted by molar-refractivity contribution is 6.06. The van der Waals surface area contributed by atoms with Crippen molar-refractivity contribution in [1.29, 1.82) is 0 Å². The van der Waals surface area contributed by atoms with Gasteiger partial charge in [-0.25, -0.2) is 9.18 Å². The van der Waals surface area contributed by atoms with E-state index >= 15 is 0 Å². The van der Waals surface area contributed by atoms with Gasteiger partial charge in [-0.05, 0) is 48.9 Å². The maximum Gasteiger partial charge on any atom is 0.338 e. The molecule has 0 aliphatic carbocycles. The van der Waals surface area contributed by atoms with Crippen molar-refractivity contribution >= 4 is 28.5 Å². The molecule has 0 fully saturated rings. The Labute approximate surface area is 166 Å². The van der Waals surface area contributed by atoms with Crippen LogP contribution in [0.25, 0.3) is 10.9 Å². The standard InChI is InChI=1S/C22H21FN2O4/c1-3-4-11-29-22(28)14-5-8-16(9-6-14)24-21(27)18-13-25(2)19-10-7-15(23)12-17(19)20(18)26/h5-10,12-13H,3-4,11H2,1-2H3,(H,24,27). The number of unbranched alkanes of at least 4 members (excludes halogenated alkanes) is 1. The van der Waals surface area contributed by atoms with E-state index in [-0.39, 0.29) is 10.9 Å². The molecule has 3 rings (SSSR count). The van der Waals surface area contributed by atoms with E-state index in [1.54, 1.807) is 23.7 Å². The number of aryl methyl sites for hydroxylation is 1. The van der Waals surface area contributed by atoms with Crippen LogP contribution in [0.3, 0.4) is 0 Å². The number of nitrogens with one attached hydrogen (secondary N) is 1. The van der Waals surface area contributed by atoms with Gasteiger partial charge in [0.25, 0.3) is 5.91 Å². The number of rotatable bonds is 6. The zero-order chi connectivity index (χ0) is 21.0. The smallest absolute Gasteiger partial charge is 0.338 e. The van der Waals surface area contributed by atoms with Crippen molar-refractivity contribution < 1.29 is 18.7 Å². The molecule has 1 amide bonds. The predicted octanol–water partition coefficient (Wildman–Crippen LogP) is 3.89. The Balaban J connectivity index is 1.79. The van der Waals surface area contributed by atoms with Crippen LogP contribution in [-0.2, 0) is 11.8 Å². The van der Waals surface area contributed by atoms with Gasteiger partial charge in [0.15, 0.2) is 0 Å². The quantitative estimate of drug-likeness (QED) is 0.507. The molecule has 0 unspecified atom stereocenters. The number of hydrogen-bond donors (Lipinski definition) is 1.